The third-order valence-electron chi connectivity index (χ3n) is 3.28. The maximum Gasteiger partial charge on any atom is 0.414 e. The molecule has 2 aromatic carbocycles. The summed E-state index contributed by atoms with van der Waals surface area (Å²) in [6, 6.07) is 14.2. The van der Waals surface area contributed by atoms with Crippen LogP contribution in [0.15, 0.2) is 48.5 Å². The van der Waals surface area contributed by atoms with Gasteiger partial charge in [0, 0.05) is 17.1 Å². The zero-order valence-corrected chi connectivity index (χ0v) is 14.9. The Balaban J connectivity index is 2.06. The second-order valence-electron chi connectivity index (χ2n) is 6.64. The molecule has 134 valence electrons. The first-order chi connectivity index (χ1) is 11.7. The number of amides is 1. The number of nitrogens with two attached hydrogens (primary N) is 2. The van der Waals surface area contributed by atoms with Crippen LogP contribution in [-0.4, -0.2) is 24.8 Å². The third kappa shape index (κ3) is 5.91. The molecule has 0 bridgehead atoms. The summed E-state index contributed by atoms with van der Waals surface area (Å²) in [5, 5.41) is 0. The summed E-state index contributed by atoms with van der Waals surface area (Å²) in [5.74, 6) is 0.690. The van der Waals surface area contributed by atoms with Crippen molar-refractivity contribution in [3.8, 4) is 5.75 Å². The lowest BCUT2D eigenvalue weighted by atomic mass is 10.2. The second kappa shape index (κ2) is 7.79. The molecule has 0 aliphatic carbocycles. The van der Waals surface area contributed by atoms with E-state index in [-0.39, 0.29) is 0 Å². The van der Waals surface area contributed by atoms with Crippen molar-refractivity contribution in [1.82, 2.24) is 0 Å². The van der Waals surface area contributed by atoms with Crippen LogP contribution in [0.3, 0.4) is 0 Å². The van der Waals surface area contributed by atoms with Crippen LogP contribution in [0.1, 0.15) is 20.8 Å². The number of rotatable bonds is 5. The summed E-state index contributed by atoms with van der Waals surface area (Å²) in [5.41, 5.74) is 12.8. The van der Waals surface area contributed by atoms with Gasteiger partial charge in [-0.1, -0.05) is 0 Å². The van der Waals surface area contributed by atoms with Gasteiger partial charge < -0.3 is 20.9 Å². The molecule has 1 amide bonds. The molecule has 0 aliphatic rings. The van der Waals surface area contributed by atoms with Gasteiger partial charge in [-0.15, -0.1) is 0 Å². The van der Waals surface area contributed by atoms with Crippen LogP contribution >= 0.6 is 0 Å². The molecule has 0 spiro atoms. The van der Waals surface area contributed by atoms with Crippen LogP contribution in [0.5, 0.6) is 5.75 Å². The number of carbonyl (C=O) groups excluding carboxylic acids is 1. The topological polar surface area (TPSA) is 90.8 Å². The van der Waals surface area contributed by atoms with E-state index in [1.807, 2.05) is 20.8 Å². The molecule has 25 heavy (non-hydrogen) atoms. The van der Waals surface area contributed by atoms with Gasteiger partial charge in [0.2, 0.25) is 0 Å². The number of hydrogen-bond acceptors (Lipinski definition) is 5. The Bertz CT molecular complexity index is 691. The number of carbonyl (C=O) groups is 1. The number of benzene rings is 2. The van der Waals surface area contributed by atoms with Gasteiger partial charge >= 0.3 is 6.09 Å². The Labute approximate surface area is 148 Å². The smallest absolute Gasteiger partial charge is 0.414 e. The molecule has 0 aliphatic heterocycles. The van der Waals surface area contributed by atoms with Gasteiger partial charge in [-0.3, -0.25) is 4.90 Å². The van der Waals surface area contributed by atoms with Gasteiger partial charge in [0.1, 0.15) is 18.0 Å². The standard InChI is InChI=1S/C19H25N3O3/c1-19(2,3)25-18(23)22(16-8-4-14(20)5-9-16)12-13-24-17-10-6-15(21)7-11-17/h4-11H,12-13,20-21H2,1-3H3. The van der Waals surface area contributed by atoms with Crippen molar-refractivity contribution in [2.45, 2.75) is 26.4 Å². The Morgan fingerprint density at radius 2 is 1.48 bits per heavy atom. The number of ether oxygens (including phenoxy) is 2. The molecule has 0 radical (unpaired) electrons. The maximum absolute atomic E-state index is 12.5. The maximum atomic E-state index is 12.5. The summed E-state index contributed by atoms with van der Waals surface area (Å²) in [4.78, 5) is 14.1. The number of hydrogen-bond donors (Lipinski definition) is 2. The normalized spacial score (nSPS) is 11.0. The van der Waals surface area contributed by atoms with Crippen molar-refractivity contribution in [1.29, 1.82) is 0 Å². The molecule has 0 fully saturated rings. The summed E-state index contributed by atoms with van der Waals surface area (Å²) in [7, 11) is 0. The highest BCUT2D eigenvalue weighted by atomic mass is 16.6. The van der Waals surface area contributed by atoms with Crippen LogP contribution in [0.25, 0.3) is 0 Å². The minimum absolute atomic E-state index is 0.313. The molecule has 0 saturated carbocycles. The highest BCUT2D eigenvalue weighted by Crippen LogP contribution is 2.20. The molecule has 0 saturated heterocycles. The Morgan fingerprint density at radius 1 is 0.960 bits per heavy atom. The molecule has 2 aromatic rings. The van der Waals surface area contributed by atoms with Crippen LogP contribution in [-0.2, 0) is 4.74 Å². The quantitative estimate of drug-likeness (QED) is 0.808. The van der Waals surface area contributed by atoms with E-state index >= 15 is 0 Å². The van der Waals surface area contributed by atoms with Gasteiger partial charge in [-0.05, 0) is 69.3 Å². The summed E-state index contributed by atoms with van der Waals surface area (Å²) in [6.45, 7) is 6.14. The SMILES string of the molecule is CC(C)(C)OC(=O)N(CCOc1ccc(N)cc1)c1ccc(N)cc1. The van der Waals surface area contributed by atoms with Crippen molar-refractivity contribution in [2.75, 3.05) is 29.5 Å². The minimum atomic E-state index is -0.582. The third-order valence-corrected chi connectivity index (χ3v) is 3.28. The zero-order chi connectivity index (χ0) is 18.4. The first kappa shape index (κ1) is 18.4. The highest BCUT2D eigenvalue weighted by molar-refractivity contribution is 5.88. The van der Waals surface area contributed by atoms with Crippen LogP contribution in [0, 0.1) is 0 Å². The van der Waals surface area contributed by atoms with Crippen LogP contribution in [0.4, 0.5) is 21.9 Å². The van der Waals surface area contributed by atoms with Crippen LogP contribution < -0.4 is 21.1 Å². The first-order valence-electron chi connectivity index (χ1n) is 8.09. The molecular formula is C19H25N3O3. The molecule has 6 heteroatoms. The largest absolute Gasteiger partial charge is 0.492 e. The molecule has 2 rings (SSSR count). The van der Waals surface area contributed by atoms with Gasteiger partial charge in [-0.2, -0.15) is 0 Å². The predicted molar refractivity (Wildman–Crippen MR) is 101 cm³/mol. The van der Waals surface area contributed by atoms with E-state index in [0.29, 0.717) is 36.0 Å². The van der Waals surface area contributed by atoms with Crippen molar-refractivity contribution < 1.29 is 14.3 Å². The van der Waals surface area contributed by atoms with Gasteiger partial charge in [0.25, 0.3) is 0 Å². The monoisotopic (exact) mass is 343 g/mol. The molecule has 6 nitrogen and oxygen atoms in total. The average Bonchev–Trinajstić information content (AvgIpc) is 2.53. The highest BCUT2D eigenvalue weighted by Gasteiger charge is 2.23. The van der Waals surface area contributed by atoms with E-state index in [1.54, 1.807) is 48.5 Å². The van der Waals surface area contributed by atoms with Gasteiger partial charge in [-0.25, -0.2) is 4.79 Å². The van der Waals surface area contributed by atoms with Crippen molar-refractivity contribution in [2.24, 2.45) is 0 Å². The number of anilines is 3. The van der Waals surface area contributed by atoms with E-state index < -0.39 is 11.7 Å². The molecule has 0 unspecified atom stereocenters. The molecule has 0 heterocycles. The minimum Gasteiger partial charge on any atom is -0.492 e. The molecule has 0 atom stereocenters. The summed E-state index contributed by atoms with van der Waals surface area (Å²) >= 11 is 0. The predicted octanol–water partition coefficient (Wildman–Crippen LogP) is 3.67. The van der Waals surface area contributed by atoms with Gasteiger partial charge in [0.15, 0.2) is 0 Å². The first-order valence-corrected chi connectivity index (χ1v) is 8.09. The van der Waals surface area contributed by atoms with Crippen LogP contribution in [0.2, 0.25) is 0 Å². The van der Waals surface area contributed by atoms with E-state index in [4.69, 9.17) is 20.9 Å². The van der Waals surface area contributed by atoms with E-state index in [9.17, 15) is 4.79 Å². The fourth-order valence-corrected chi connectivity index (χ4v) is 2.12. The fraction of sp³-hybridized carbons (Fsp3) is 0.316. The van der Waals surface area contributed by atoms with E-state index in [2.05, 4.69) is 0 Å². The molecule has 4 N–H and O–H groups in total. The lowest BCUT2D eigenvalue weighted by molar-refractivity contribution is 0.0575. The molecular weight excluding hydrogens is 318 g/mol. The Hall–Kier alpha value is -2.89. The summed E-state index contributed by atoms with van der Waals surface area (Å²) < 4.78 is 11.2. The zero-order valence-electron chi connectivity index (χ0n) is 14.9. The van der Waals surface area contributed by atoms with E-state index in [1.165, 1.54) is 4.90 Å². The Kier molecular flexibility index (Phi) is 5.75. The fourth-order valence-electron chi connectivity index (χ4n) is 2.12. The van der Waals surface area contributed by atoms with Crippen molar-refractivity contribution in [3.63, 3.8) is 0 Å². The van der Waals surface area contributed by atoms with E-state index in [0.717, 1.165) is 0 Å². The lowest BCUT2D eigenvalue weighted by Crippen LogP contribution is -2.39. The molecule has 0 aromatic heterocycles. The summed E-state index contributed by atoms with van der Waals surface area (Å²) in [6.07, 6.45) is -0.432. The average molecular weight is 343 g/mol. The number of nitrogens with zero attached hydrogens (tertiary/aromatic N) is 1. The Morgan fingerprint density at radius 3 is 2.00 bits per heavy atom. The second-order valence-corrected chi connectivity index (χ2v) is 6.64. The number of nitrogen functional groups attached to an aromatic ring is 2. The van der Waals surface area contributed by atoms with Crippen molar-refractivity contribution >= 4 is 23.2 Å². The van der Waals surface area contributed by atoms with Crippen molar-refractivity contribution in [3.05, 3.63) is 48.5 Å². The lowest BCUT2D eigenvalue weighted by Gasteiger charge is -2.27. The van der Waals surface area contributed by atoms with Gasteiger partial charge in [0.05, 0.1) is 6.54 Å².